The van der Waals surface area contributed by atoms with Crippen LogP contribution in [0.5, 0.6) is 0 Å². The number of halogens is 2. The summed E-state index contributed by atoms with van der Waals surface area (Å²) in [6.07, 6.45) is 5.86. The van der Waals surface area contributed by atoms with Crippen LogP contribution in [-0.2, 0) is 0 Å². The molecule has 9 nitrogen and oxygen atoms in total. The van der Waals surface area contributed by atoms with Gasteiger partial charge in [0, 0.05) is 50.8 Å². The van der Waals surface area contributed by atoms with E-state index >= 15 is 0 Å². The van der Waals surface area contributed by atoms with Gasteiger partial charge in [0.05, 0.1) is 29.7 Å². The molecule has 4 heterocycles. The zero-order valence-electron chi connectivity index (χ0n) is 22.4. The van der Waals surface area contributed by atoms with Crippen LogP contribution < -0.4 is 20.4 Å². The molecule has 206 valence electrons. The molecule has 5 rings (SSSR count). The third-order valence-electron chi connectivity index (χ3n) is 7.94. The molecular formula is C27H37F2N7O2. The predicted octanol–water partition coefficient (Wildman–Crippen LogP) is 4.23. The molecule has 1 aliphatic carbocycles. The highest BCUT2D eigenvalue weighted by Gasteiger charge is 2.45. The van der Waals surface area contributed by atoms with Gasteiger partial charge in [0.2, 0.25) is 5.95 Å². The van der Waals surface area contributed by atoms with Crippen molar-refractivity contribution in [2.24, 2.45) is 5.41 Å². The Morgan fingerprint density at radius 3 is 2.32 bits per heavy atom. The molecule has 0 bridgehead atoms. The lowest BCUT2D eigenvalue weighted by molar-refractivity contribution is -0.0222. The van der Waals surface area contributed by atoms with Crippen LogP contribution >= 0.6 is 0 Å². The quantitative estimate of drug-likeness (QED) is 0.489. The van der Waals surface area contributed by atoms with E-state index in [-0.39, 0.29) is 32.5 Å². The number of pyridine rings is 1. The van der Waals surface area contributed by atoms with Gasteiger partial charge in [-0.15, -0.1) is 0 Å². The highest BCUT2D eigenvalue weighted by molar-refractivity contribution is 6.06. The van der Waals surface area contributed by atoms with Gasteiger partial charge in [-0.25, -0.2) is 18.7 Å². The van der Waals surface area contributed by atoms with Crippen molar-refractivity contribution in [1.29, 1.82) is 0 Å². The van der Waals surface area contributed by atoms with Gasteiger partial charge in [-0.2, -0.15) is 4.98 Å². The van der Waals surface area contributed by atoms with Gasteiger partial charge in [0.15, 0.2) is 5.69 Å². The zero-order valence-corrected chi connectivity index (χ0v) is 22.4. The van der Waals surface area contributed by atoms with E-state index in [4.69, 9.17) is 0 Å². The van der Waals surface area contributed by atoms with E-state index in [1.807, 2.05) is 19.9 Å². The Morgan fingerprint density at radius 2 is 1.68 bits per heavy atom. The van der Waals surface area contributed by atoms with Crippen LogP contribution in [0.4, 0.5) is 31.9 Å². The standard InChI is InChI=1S/C27H37F2N7O2/c1-18-14-21(33-24(31-18)36-12-8-27(28,29)9-13-36)32-23(38)22-20(35-10-6-26(4-5-26)7-11-35)15-19(16-30-22)34-25(2,3)17-37/h14-16,34,37H,4-13,17H2,1-3H3,(H,31,32,33,38). The minimum absolute atomic E-state index is 0.0547. The number of hydrogen-bond donors (Lipinski definition) is 3. The number of alkyl halides is 2. The maximum atomic E-state index is 13.6. The van der Waals surface area contributed by atoms with E-state index in [1.165, 1.54) is 12.8 Å². The number of amides is 1. The minimum Gasteiger partial charge on any atom is -0.394 e. The van der Waals surface area contributed by atoms with Gasteiger partial charge in [-0.3, -0.25) is 4.79 Å². The van der Waals surface area contributed by atoms with Crippen molar-refractivity contribution in [3.63, 3.8) is 0 Å². The third kappa shape index (κ3) is 5.98. The second-order valence-corrected chi connectivity index (χ2v) is 11.7. The molecule has 38 heavy (non-hydrogen) atoms. The maximum absolute atomic E-state index is 13.6. The average Bonchev–Trinajstić information content (AvgIpc) is 3.62. The molecule has 2 aliphatic heterocycles. The van der Waals surface area contributed by atoms with Crippen molar-refractivity contribution in [2.75, 3.05) is 53.2 Å². The van der Waals surface area contributed by atoms with E-state index in [1.54, 1.807) is 24.1 Å². The Balaban J connectivity index is 1.38. The summed E-state index contributed by atoms with van der Waals surface area (Å²) in [4.78, 5) is 30.9. The monoisotopic (exact) mass is 529 g/mol. The smallest absolute Gasteiger partial charge is 0.277 e. The first kappa shape index (κ1) is 26.5. The highest BCUT2D eigenvalue weighted by atomic mass is 19.3. The Morgan fingerprint density at radius 1 is 1.03 bits per heavy atom. The fourth-order valence-electron chi connectivity index (χ4n) is 5.23. The molecular weight excluding hydrogens is 492 g/mol. The van der Waals surface area contributed by atoms with Crippen molar-refractivity contribution in [3.8, 4) is 0 Å². The lowest BCUT2D eigenvalue weighted by Gasteiger charge is -2.35. The molecule has 3 fully saturated rings. The first-order valence-corrected chi connectivity index (χ1v) is 13.4. The normalized spacial score (nSPS) is 20.4. The predicted molar refractivity (Wildman–Crippen MR) is 143 cm³/mol. The number of nitrogens with zero attached hydrogens (tertiary/aromatic N) is 5. The van der Waals surface area contributed by atoms with Crippen LogP contribution in [0.1, 0.15) is 68.6 Å². The molecule has 0 aromatic carbocycles. The zero-order chi connectivity index (χ0) is 27.1. The molecule has 3 N–H and O–H groups in total. The molecule has 3 aliphatic rings. The van der Waals surface area contributed by atoms with E-state index in [9.17, 15) is 18.7 Å². The van der Waals surface area contributed by atoms with Crippen molar-refractivity contribution in [1.82, 2.24) is 15.0 Å². The highest BCUT2D eigenvalue weighted by Crippen LogP contribution is 2.54. The summed E-state index contributed by atoms with van der Waals surface area (Å²) in [7, 11) is 0. The van der Waals surface area contributed by atoms with Crippen LogP contribution in [0.15, 0.2) is 18.3 Å². The van der Waals surface area contributed by atoms with Gasteiger partial charge in [0.25, 0.3) is 11.8 Å². The molecule has 1 saturated carbocycles. The van der Waals surface area contributed by atoms with E-state index in [0.717, 1.165) is 37.3 Å². The summed E-state index contributed by atoms with van der Waals surface area (Å²) in [6.45, 7) is 7.54. The topological polar surface area (TPSA) is 107 Å². The Hall–Kier alpha value is -3.08. The number of aliphatic hydroxyl groups is 1. The molecule has 0 radical (unpaired) electrons. The number of aliphatic hydroxyl groups excluding tert-OH is 1. The molecule has 2 aromatic rings. The van der Waals surface area contributed by atoms with Gasteiger partial charge >= 0.3 is 0 Å². The van der Waals surface area contributed by atoms with Gasteiger partial charge in [-0.1, -0.05) is 0 Å². The lowest BCUT2D eigenvalue weighted by Crippen LogP contribution is -2.40. The number of piperidine rings is 2. The van der Waals surface area contributed by atoms with Gasteiger partial charge in [0.1, 0.15) is 5.82 Å². The number of nitrogens with one attached hydrogen (secondary N) is 2. The maximum Gasteiger partial charge on any atom is 0.277 e. The molecule has 0 unspecified atom stereocenters. The van der Waals surface area contributed by atoms with Crippen molar-refractivity contribution >= 4 is 29.0 Å². The van der Waals surface area contributed by atoms with E-state index in [0.29, 0.717) is 28.6 Å². The van der Waals surface area contributed by atoms with Gasteiger partial charge in [-0.05, 0) is 57.9 Å². The largest absolute Gasteiger partial charge is 0.394 e. The molecule has 1 spiro atoms. The number of hydrogen-bond acceptors (Lipinski definition) is 8. The second-order valence-electron chi connectivity index (χ2n) is 11.7. The van der Waals surface area contributed by atoms with Crippen LogP contribution in [0.25, 0.3) is 0 Å². The Bertz CT molecular complexity index is 1180. The fraction of sp³-hybridized carbons (Fsp3) is 0.630. The summed E-state index contributed by atoms with van der Waals surface area (Å²) in [5, 5.41) is 15.9. The van der Waals surface area contributed by atoms with Gasteiger partial charge < -0.3 is 25.5 Å². The first-order chi connectivity index (χ1) is 18.0. The summed E-state index contributed by atoms with van der Waals surface area (Å²) in [5.41, 5.74) is 2.32. The average molecular weight is 530 g/mol. The van der Waals surface area contributed by atoms with Crippen LogP contribution in [0, 0.1) is 12.3 Å². The SMILES string of the molecule is Cc1cc(NC(=O)c2ncc(NC(C)(C)CO)cc2N2CCC3(CC2)CC3)nc(N2CCC(F)(F)CC2)n1. The van der Waals surface area contributed by atoms with Crippen molar-refractivity contribution in [3.05, 3.63) is 29.7 Å². The number of aromatic nitrogens is 3. The summed E-state index contributed by atoms with van der Waals surface area (Å²) >= 11 is 0. The molecule has 2 aromatic heterocycles. The Labute approximate surface area is 222 Å². The molecule has 0 atom stereocenters. The molecule has 2 saturated heterocycles. The second kappa shape index (κ2) is 9.91. The molecule has 1 amide bonds. The minimum atomic E-state index is -2.67. The van der Waals surface area contributed by atoms with E-state index in [2.05, 4.69) is 30.5 Å². The first-order valence-electron chi connectivity index (χ1n) is 13.4. The van der Waals surface area contributed by atoms with Crippen LogP contribution in [0.2, 0.25) is 0 Å². The fourth-order valence-corrected chi connectivity index (χ4v) is 5.23. The summed E-state index contributed by atoms with van der Waals surface area (Å²) in [5.74, 6) is -2.42. The number of aryl methyl sites for hydroxylation is 1. The van der Waals surface area contributed by atoms with Crippen LogP contribution in [-0.4, -0.2) is 70.2 Å². The summed E-state index contributed by atoms with van der Waals surface area (Å²) in [6, 6.07) is 3.59. The number of carbonyl (C=O) groups is 1. The number of rotatable bonds is 7. The third-order valence-corrected chi connectivity index (χ3v) is 7.94. The molecule has 11 heteroatoms. The van der Waals surface area contributed by atoms with Crippen molar-refractivity contribution in [2.45, 2.75) is 70.8 Å². The Kier molecular flexibility index (Phi) is 6.91. The number of carbonyl (C=O) groups excluding carboxylic acids is 1. The van der Waals surface area contributed by atoms with E-state index < -0.39 is 17.4 Å². The summed E-state index contributed by atoms with van der Waals surface area (Å²) < 4.78 is 27.3. The lowest BCUT2D eigenvalue weighted by atomic mass is 9.93. The van der Waals surface area contributed by atoms with Crippen molar-refractivity contribution < 1.29 is 18.7 Å². The number of anilines is 4. The van der Waals surface area contributed by atoms with Crippen LogP contribution in [0.3, 0.4) is 0 Å².